The van der Waals surface area contributed by atoms with Crippen LogP contribution in [0.1, 0.15) is 40.7 Å². The molecule has 3 nitrogen and oxygen atoms in total. The van der Waals surface area contributed by atoms with Crippen LogP contribution in [0.25, 0.3) is 11.3 Å². The number of rotatable bonds is 6. The number of hydrogen-bond donors (Lipinski definition) is 1. The summed E-state index contributed by atoms with van der Waals surface area (Å²) < 4.78 is 0. The molecule has 5 heteroatoms. The third-order valence-electron chi connectivity index (χ3n) is 3.89. The van der Waals surface area contributed by atoms with E-state index in [2.05, 4.69) is 43.5 Å². The molecule has 0 unspecified atom stereocenters. The number of thioether (sulfide) groups is 1. The molecular formula is C20H19NO2S2. The lowest BCUT2D eigenvalue weighted by molar-refractivity contribution is 0.0693. The summed E-state index contributed by atoms with van der Waals surface area (Å²) in [5.74, 6) is 0.290. The first-order valence-electron chi connectivity index (χ1n) is 8.04. The highest BCUT2D eigenvalue weighted by atomic mass is 32.2. The fourth-order valence-electron chi connectivity index (χ4n) is 2.46. The second-order valence-electron chi connectivity index (χ2n) is 5.99. The predicted octanol–water partition coefficient (Wildman–Crippen LogP) is 5.92. The van der Waals surface area contributed by atoms with Gasteiger partial charge in [0.25, 0.3) is 0 Å². The SMILES string of the molecule is CC(C)c1ccc(-c2csc(CSc3ccccc3C(=O)O)n2)cc1. The van der Waals surface area contributed by atoms with Crippen molar-refractivity contribution in [3.63, 3.8) is 0 Å². The van der Waals surface area contributed by atoms with Gasteiger partial charge in [0.05, 0.1) is 17.0 Å². The van der Waals surface area contributed by atoms with E-state index < -0.39 is 5.97 Å². The molecule has 1 N–H and O–H groups in total. The first-order valence-corrected chi connectivity index (χ1v) is 9.91. The van der Waals surface area contributed by atoms with Crippen LogP contribution in [0.2, 0.25) is 0 Å². The van der Waals surface area contributed by atoms with E-state index in [9.17, 15) is 9.90 Å². The van der Waals surface area contributed by atoms with Crippen molar-refractivity contribution in [2.75, 3.05) is 0 Å². The molecule has 0 radical (unpaired) electrons. The summed E-state index contributed by atoms with van der Waals surface area (Å²) in [6, 6.07) is 15.6. The molecule has 0 aliphatic rings. The maximum atomic E-state index is 11.3. The third-order valence-corrected chi connectivity index (χ3v) is 6.01. The van der Waals surface area contributed by atoms with Gasteiger partial charge in [-0.3, -0.25) is 0 Å². The Kier molecular flexibility index (Phi) is 5.56. The van der Waals surface area contributed by atoms with Crippen molar-refractivity contribution in [2.24, 2.45) is 0 Å². The predicted molar refractivity (Wildman–Crippen MR) is 105 cm³/mol. The summed E-state index contributed by atoms with van der Waals surface area (Å²) in [6.45, 7) is 4.37. The molecular weight excluding hydrogens is 350 g/mol. The van der Waals surface area contributed by atoms with Gasteiger partial charge < -0.3 is 5.11 Å². The van der Waals surface area contributed by atoms with E-state index in [4.69, 9.17) is 4.98 Å². The molecule has 0 saturated carbocycles. The van der Waals surface area contributed by atoms with E-state index in [1.165, 1.54) is 17.3 Å². The fourth-order valence-corrected chi connectivity index (χ4v) is 4.32. The number of carbonyl (C=O) groups is 1. The zero-order valence-electron chi connectivity index (χ0n) is 14.1. The number of carboxylic acid groups (broad SMARTS) is 1. The van der Waals surface area contributed by atoms with Gasteiger partial charge in [-0.15, -0.1) is 23.1 Å². The molecule has 1 heterocycles. The summed E-state index contributed by atoms with van der Waals surface area (Å²) in [6.07, 6.45) is 0. The van der Waals surface area contributed by atoms with Gasteiger partial charge in [-0.1, -0.05) is 50.2 Å². The van der Waals surface area contributed by atoms with E-state index in [0.29, 0.717) is 17.2 Å². The van der Waals surface area contributed by atoms with Gasteiger partial charge in [-0.05, 0) is 23.6 Å². The van der Waals surface area contributed by atoms with Crippen LogP contribution in [0, 0.1) is 0 Å². The fraction of sp³-hybridized carbons (Fsp3) is 0.200. The number of aromatic carboxylic acids is 1. The lowest BCUT2D eigenvalue weighted by atomic mass is 10.0. The van der Waals surface area contributed by atoms with Crippen LogP contribution in [-0.4, -0.2) is 16.1 Å². The number of benzene rings is 2. The Morgan fingerprint density at radius 1 is 1.16 bits per heavy atom. The molecule has 2 aromatic carbocycles. The minimum atomic E-state index is -0.895. The van der Waals surface area contributed by atoms with E-state index in [-0.39, 0.29) is 0 Å². The van der Waals surface area contributed by atoms with E-state index in [1.54, 1.807) is 23.5 Å². The minimum absolute atomic E-state index is 0.341. The number of nitrogens with zero attached hydrogens (tertiary/aromatic N) is 1. The second kappa shape index (κ2) is 7.85. The van der Waals surface area contributed by atoms with Gasteiger partial charge in [0.2, 0.25) is 0 Å². The molecule has 3 aromatic rings. The van der Waals surface area contributed by atoms with Crippen molar-refractivity contribution < 1.29 is 9.90 Å². The van der Waals surface area contributed by atoms with Crippen molar-refractivity contribution >= 4 is 29.1 Å². The topological polar surface area (TPSA) is 50.2 Å². The van der Waals surface area contributed by atoms with Gasteiger partial charge in [0.1, 0.15) is 5.01 Å². The number of hydrogen-bond acceptors (Lipinski definition) is 4. The van der Waals surface area contributed by atoms with Crippen LogP contribution in [0.5, 0.6) is 0 Å². The first kappa shape index (κ1) is 17.7. The quantitative estimate of drug-likeness (QED) is 0.548. The largest absolute Gasteiger partial charge is 0.478 e. The Bertz CT molecular complexity index is 869. The highest BCUT2D eigenvalue weighted by molar-refractivity contribution is 7.98. The van der Waals surface area contributed by atoms with Gasteiger partial charge in [0.15, 0.2) is 0 Å². The summed E-state index contributed by atoms with van der Waals surface area (Å²) in [7, 11) is 0. The first-order chi connectivity index (χ1) is 12.0. The lowest BCUT2D eigenvalue weighted by Crippen LogP contribution is -1.98. The van der Waals surface area contributed by atoms with Crippen LogP contribution in [0.15, 0.2) is 58.8 Å². The highest BCUT2D eigenvalue weighted by Crippen LogP contribution is 2.30. The highest BCUT2D eigenvalue weighted by Gasteiger charge is 2.11. The van der Waals surface area contributed by atoms with Crippen molar-refractivity contribution in [1.82, 2.24) is 4.98 Å². The Hall–Kier alpha value is -2.11. The molecule has 0 saturated heterocycles. The number of aromatic nitrogens is 1. The molecule has 0 aliphatic carbocycles. The standard InChI is InChI=1S/C20H19NO2S2/c1-13(2)14-7-9-15(10-8-14)17-11-25-19(21-17)12-24-18-6-4-3-5-16(18)20(22)23/h3-11,13H,12H2,1-2H3,(H,22,23). The van der Waals surface area contributed by atoms with Gasteiger partial charge in [-0.2, -0.15) is 0 Å². The molecule has 3 rings (SSSR count). The molecule has 128 valence electrons. The van der Waals surface area contributed by atoms with Crippen LogP contribution in [0.3, 0.4) is 0 Å². The van der Waals surface area contributed by atoms with Crippen molar-refractivity contribution in [1.29, 1.82) is 0 Å². The maximum Gasteiger partial charge on any atom is 0.336 e. The van der Waals surface area contributed by atoms with Crippen molar-refractivity contribution in [2.45, 2.75) is 30.4 Å². The summed E-state index contributed by atoms with van der Waals surface area (Å²) >= 11 is 3.12. The van der Waals surface area contributed by atoms with Crippen molar-refractivity contribution in [3.05, 3.63) is 70.0 Å². The number of thiazole rings is 1. The van der Waals surface area contributed by atoms with Crippen LogP contribution >= 0.6 is 23.1 Å². The Balaban J connectivity index is 1.71. The Morgan fingerprint density at radius 2 is 1.88 bits per heavy atom. The Labute approximate surface area is 155 Å². The maximum absolute atomic E-state index is 11.3. The third kappa shape index (κ3) is 4.30. The van der Waals surface area contributed by atoms with Crippen LogP contribution in [-0.2, 0) is 5.75 Å². The summed E-state index contributed by atoms with van der Waals surface area (Å²) in [4.78, 5) is 16.7. The number of carboxylic acids is 1. The summed E-state index contributed by atoms with van der Waals surface area (Å²) in [5, 5.41) is 12.3. The van der Waals surface area contributed by atoms with E-state index in [0.717, 1.165) is 21.2 Å². The zero-order valence-corrected chi connectivity index (χ0v) is 15.7. The molecule has 0 bridgehead atoms. The van der Waals surface area contributed by atoms with Crippen LogP contribution < -0.4 is 0 Å². The summed E-state index contributed by atoms with van der Waals surface area (Å²) in [5.41, 5.74) is 3.75. The monoisotopic (exact) mass is 369 g/mol. The van der Waals surface area contributed by atoms with Crippen molar-refractivity contribution in [3.8, 4) is 11.3 Å². The molecule has 25 heavy (non-hydrogen) atoms. The van der Waals surface area contributed by atoms with Gasteiger partial charge >= 0.3 is 5.97 Å². The molecule has 0 spiro atoms. The zero-order chi connectivity index (χ0) is 17.8. The molecule has 0 fully saturated rings. The Morgan fingerprint density at radius 3 is 2.56 bits per heavy atom. The molecule has 0 aliphatic heterocycles. The van der Waals surface area contributed by atoms with E-state index >= 15 is 0 Å². The normalized spacial score (nSPS) is 11.0. The smallest absolute Gasteiger partial charge is 0.336 e. The van der Waals surface area contributed by atoms with Crippen LogP contribution in [0.4, 0.5) is 0 Å². The van der Waals surface area contributed by atoms with Gasteiger partial charge in [0, 0.05) is 15.8 Å². The molecule has 0 atom stereocenters. The average Bonchev–Trinajstić information content (AvgIpc) is 3.09. The lowest BCUT2D eigenvalue weighted by Gasteiger charge is -2.05. The second-order valence-corrected chi connectivity index (χ2v) is 7.95. The van der Waals surface area contributed by atoms with E-state index in [1.807, 2.05) is 12.1 Å². The minimum Gasteiger partial charge on any atom is -0.478 e. The average molecular weight is 370 g/mol. The molecule has 1 aromatic heterocycles. The van der Waals surface area contributed by atoms with Gasteiger partial charge in [-0.25, -0.2) is 9.78 Å². The molecule has 0 amide bonds.